The van der Waals surface area contributed by atoms with Crippen molar-refractivity contribution in [3.8, 4) is 0 Å². The second-order valence-electron chi connectivity index (χ2n) is 6.58. The van der Waals surface area contributed by atoms with E-state index in [9.17, 15) is 0 Å². The molecule has 110 valence electrons. The molecule has 3 heteroatoms. The van der Waals surface area contributed by atoms with Crippen molar-refractivity contribution in [2.45, 2.75) is 47.1 Å². The summed E-state index contributed by atoms with van der Waals surface area (Å²) in [6.07, 6.45) is 1.23. The summed E-state index contributed by atoms with van der Waals surface area (Å²) in [5.41, 5.74) is 0.320. The average Bonchev–Trinajstić information content (AvgIpc) is 2.23. The van der Waals surface area contributed by atoms with Crippen molar-refractivity contribution in [3.63, 3.8) is 0 Å². The predicted molar refractivity (Wildman–Crippen MR) is 82.2 cm³/mol. The number of hydrogen-bond donors (Lipinski definition) is 1. The van der Waals surface area contributed by atoms with Crippen LogP contribution in [-0.2, 0) is 0 Å². The van der Waals surface area contributed by atoms with Gasteiger partial charge in [-0.25, -0.2) is 0 Å². The number of nitrogens with zero attached hydrogens (tertiary/aromatic N) is 2. The Balaban J connectivity index is 4.40. The molecule has 0 aliphatic heterocycles. The van der Waals surface area contributed by atoms with Gasteiger partial charge in [0.05, 0.1) is 0 Å². The van der Waals surface area contributed by atoms with Crippen molar-refractivity contribution < 1.29 is 0 Å². The predicted octanol–water partition coefficient (Wildman–Crippen LogP) is 2.28. The monoisotopic (exact) mass is 257 g/mol. The lowest BCUT2D eigenvalue weighted by Crippen LogP contribution is -2.49. The summed E-state index contributed by atoms with van der Waals surface area (Å²) in [6, 6.07) is 0.566. The summed E-state index contributed by atoms with van der Waals surface area (Å²) in [6.45, 7) is 17.2. The van der Waals surface area contributed by atoms with Crippen molar-refractivity contribution in [1.82, 2.24) is 15.1 Å². The van der Waals surface area contributed by atoms with Crippen LogP contribution in [0, 0.1) is 5.41 Å². The zero-order valence-electron chi connectivity index (χ0n) is 13.7. The van der Waals surface area contributed by atoms with E-state index in [1.807, 2.05) is 0 Å². The van der Waals surface area contributed by atoms with Crippen LogP contribution in [0.3, 0.4) is 0 Å². The second-order valence-corrected chi connectivity index (χ2v) is 6.58. The molecule has 1 atom stereocenters. The molecule has 0 aromatic rings. The third-order valence-corrected chi connectivity index (χ3v) is 3.34. The molecule has 0 aromatic heterocycles. The first-order valence-corrected chi connectivity index (χ1v) is 7.41. The molecule has 3 nitrogen and oxygen atoms in total. The smallest absolute Gasteiger partial charge is 0.0243 e. The third kappa shape index (κ3) is 8.06. The van der Waals surface area contributed by atoms with Gasteiger partial charge in [-0.15, -0.1) is 0 Å². The van der Waals surface area contributed by atoms with Gasteiger partial charge >= 0.3 is 0 Å². The van der Waals surface area contributed by atoms with Crippen LogP contribution in [0.1, 0.15) is 41.0 Å². The van der Waals surface area contributed by atoms with Gasteiger partial charge in [-0.1, -0.05) is 34.6 Å². The first-order valence-electron chi connectivity index (χ1n) is 7.41. The van der Waals surface area contributed by atoms with Gasteiger partial charge < -0.3 is 15.1 Å². The van der Waals surface area contributed by atoms with Crippen LogP contribution in [0.5, 0.6) is 0 Å². The molecule has 0 spiro atoms. The quantitative estimate of drug-likeness (QED) is 0.684. The molecule has 0 radical (unpaired) electrons. The zero-order chi connectivity index (χ0) is 14.2. The molecular weight excluding hydrogens is 222 g/mol. The van der Waals surface area contributed by atoms with E-state index in [0.717, 1.165) is 19.6 Å². The summed E-state index contributed by atoms with van der Waals surface area (Å²) in [7, 11) is 4.30. The molecule has 0 saturated heterocycles. The molecule has 0 aliphatic carbocycles. The number of nitrogens with one attached hydrogen (secondary N) is 1. The van der Waals surface area contributed by atoms with Gasteiger partial charge in [-0.2, -0.15) is 0 Å². The number of hydrogen-bond acceptors (Lipinski definition) is 3. The summed E-state index contributed by atoms with van der Waals surface area (Å²) in [4.78, 5) is 4.86. The maximum absolute atomic E-state index is 3.64. The normalized spacial score (nSPS) is 14.5. The molecule has 0 heterocycles. The summed E-state index contributed by atoms with van der Waals surface area (Å²) in [5, 5.41) is 3.64. The highest BCUT2D eigenvalue weighted by Crippen LogP contribution is 2.20. The first kappa shape index (κ1) is 17.9. The molecule has 0 bridgehead atoms. The molecule has 0 amide bonds. The standard InChI is InChI=1S/C15H35N3/c1-8-10-18(12-11-17(6)7)13-14(16-9-2)15(3,4)5/h14,16H,8-13H2,1-7H3. The maximum Gasteiger partial charge on any atom is 0.0243 e. The molecule has 0 fully saturated rings. The lowest BCUT2D eigenvalue weighted by Gasteiger charge is -2.36. The van der Waals surface area contributed by atoms with E-state index in [1.165, 1.54) is 19.5 Å². The summed E-state index contributed by atoms with van der Waals surface area (Å²) < 4.78 is 0. The number of likely N-dealkylation sites (N-methyl/N-ethyl adjacent to an activating group) is 2. The minimum absolute atomic E-state index is 0.320. The van der Waals surface area contributed by atoms with Crippen LogP contribution < -0.4 is 5.32 Å². The van der Waals surface area contributed by atoms with Gasteiger partial charge in [0, 0.05) is 25.7 Å². The lowest BCUT2D eigenvalue weighted by molar-refractivity contribution is 0.164. The highest BCUT2D eigenvalue weighted by molar-refractivity contribution is 4.83. The van der Waals surface area contributed by atoms with E-state index < -0.39 is 0 Å². The van der Waals surface area contributed by atoms with Gasteiger partial charge in [0.2, 0.25) is 0 Å². The summed E-state index contributed by atoms with van der Waals surface area (Å²) >= 11 is 0. The minimum atomic E-state index is 0.320. The highest BCUT2D eigenvalue weighted by Gasteiger charge is 2.25. The SMILES string of the molecule is CCCN(CCN(C)C)CC(NCC)C(C)(C)C. The van der Waals surface area contributed by atoms with Crippen LogP contribution in [-0.4, -0.2) is 62.7 Å². The molecule has 0 rings (SSSR count). The fraction of sp³-hybridized carbons (Fsp3) is 1.00. The fourth-order valence-corrected chi connectivity index (χ4v) is 2.10. The second kappa shape index (κ2) is 8.89. The van der Waals surface area contributed by atoms with E-state index in [2.05, 4.69) is 63.8 Å². The Morgan fingerprint density at radius 2 is 1.61 bits per heavy atom. The third-order valence-electron chi connectivity index (χ3n) is 3.34. The molecular formula is C15H35N3. The van der Waals surface area contributed by atoms with Crippen molar-refractivity contribution in [2.24, 2.45) is 5.41 Å². The fourth-order valence-electron chi connectivity index (χ4n) is 2.10. The molecule has 0 aliphatic rings. The largest absolute Gasteiger partial charge is 0.312 e. The topological polar surface area (TPSA) is 18.5 Å². The highest BCUT2D eigenvalue weighted by atomic mass is 15.2. The summed E-state index contributed by atoms with van der Waals surface area (Å²) in [5.74, 6) is 0. The Morgan fingerprint density at radius 1 is 1.00 bits per heavy atom. The van der Waals surface area contributed by atoms with E-state index in [0.29, 0.717) is 11.5 Å². The Kier molecular flexibility index (Phi) is 8.83. The molecule has 18 heavy (non-hydrogen) atoms. The van der Waals surface area contributed by atoms with Gasteiger partial charge in [-0.3, -0.25) is 0 Å². The Bertz CT molecular complexity index is 196. The first-order chi connectivity index (χ1) is 8.31. The molecule has 0 aromatic carbocycles. The van der Waals surface area contributed by atoms with Gasteiger partial charge in [0.25, 0.3) is 0 Å². The van der Waals surface area contributed by atoms with Crippen LogP contribution in [0.15, 0.2) is 0 Å². The number of rotatable bonds is 9. The minimum Gasteiger partial charge on any atom is -0.312 e. The van der Waals surface area contributed by atoms with Crippen LogP contribution in [0.2, 0.25) is 0 Å². The van der Waals surface area contributed by atoms with Gasteiger partial charge in [0.15, 0.2) is 0 Å². The van der Waals surface area contributed by atoms with Crippen molar-refractivity contribution >= 4 is 0 Å². The Labute approximate surface area is 115 Å². The van der Waals surface area contributed by atoms with E-state index in [1.54, 1.807) is 0 Å². The lowest BCUT2D eigenvalue weighted by atomic mass is 9.86. The average molecular weight is 257 g/mol. The molecule has 0 saturated carbocycles. The Morgan fingerprint density at radius 3 is 2.00 bits per heavy atom. The van der Waals surface area contributed by atoms with E-state index in [-0.39, 0.29) is 0 Å². The van der Waals surface area contributed by atoms with Crippen molar-refractivity contribution in [3.05, 3.63) is 0 Å². The Hall–Kier alpha value is -0.120. The molecule has 1 unspecified atom stereocenters. The van der Waals surface area contributed by atoms with E-state index in [4.69, 9.17) is 0 Å². The molecule has 1 N–H and O–H groups in total. The van der Waals surface area contributed by atoms with E-state index >= 15 is 0 Å². The van der Waals surface area contributed by atoms with Gasteiger partial charge in [0.1, 0.15) is 0 Å². The maximum atomic E-state index is 3.64. The van der Waals surface area contributed by atoms with Crippen molar-refractivity contribution in [1.29, 1.82) is 0 Å². The van der Waals surface area contributed by atoms with Crippen LogP contribution in [0.25, 0.3) is 0 Å². The van der Waals surface area contributed by atoms with Gasteiger partial charge in [-0.05, 0) is 39.0 Å². The van der Waals surface area contributed by atoms with Crippen molar-refractivity contribution in [2.75, 3.05) is 46.8 Å². The van der Waals surface area contributed by atoms with Crippen LogP contribution >= 0.6 is 0 Å². The van der Waals surface area contributed by atoms with Crippen LogP contribution in [0.4, 0.5) is 0 Å². The zero-order valence-corrected chi connectivity index (χ0v) is 13.7.